The molecule has 190 valence electrons. The fourth-order valence-corrected chi connectivity index (χ4v) is 6.71. The number of para-hydroxylation sites is 1. The van der Waals surface area contributed by atoms with Crippen LogP contribution in [0, 0.1) is 18.8 Å². The second-order valence-corrected chi connectivity index (χ2v) is 11.1. The lowest BCUT2D eigenvalue weighted by Gasteiger charge is -2.31. The number of nitrogens with zero attached hydrogens (tertiary/aromatic N) is 1. The van der Waals surface area contributed by atoms with Crippen molar-refractivity contribution in [2.45, 2.75) is 31.3 Å². The van der Waals surface area contributed by atoms with Crippen LogP contribution >= 0.6 is 0 Å². The Balaban J connectivity index is 0.000000429. The van der Waals surface area contributed by atoms with E-state index < -0.39 is 27.2 Å². The Morgan fingerprint density at radius 2 is 1.74 bits per heavy atom. The van der Waals surface area contributed by atoms with Crippen molar-refractivity contribution in [3.63, 3.8) is 0 Å². The molecule has 0 saturated carbocycles. The highest BCUT2D eigenvalue weighted by atomic mass is 32.2. The predicted molar refractivity (Wildman–Crippen MR) is 124 cm³/mol. The molecule has 35 heavy (non-hydrogen) atoms. The number of carbonyl (C=O) groups excluding carboxylic acids is 1. The average molecular weight is 513 g/mol. The number of amides is 1. The maximum atomic E-state index is 12.9. The van der Waals surface area contributed by atoms with Gasteiger partial charge < -0.3 is 10.4 Å². The minimum Gasteiger partial charge on any atom is -0.475 e. The molecule has 3 atom stereocenters. The predicted octanol–water partition coefficient (Wildman–Crippen LogP) is 3.50. The number of hydrogen-bond donors (Lipinski definition) is 2. The van der Waals surface area contributed by atoms with E-state index in [0.717, 1.165) is 12.2 Å². The van der Waals surface area contributed by atoms with Gasteiger partial charge in [-0.1, -0.05) is 48.0 Å². The van der Waals surface area contributed by atoms with Crippen LogP contribution in [0.15, 0.2) is 54.6 Å². The van der Waals surface area contributed by atoms with Gasteiger partial charge in [-0.2, -0.15) is 13.2 Å². The first-order valence-electron chi connectivity index (χ1n) is 11.0. The Morgan fingerprint density at radius 1 is 1.09 bits per heavy atom. The van der Waals surface area contributed by atoms with E-state index in [2.05, 4.69) is 35.3 Å². The summed E-state index contributed by atoms with van der Waals surface area (Å²) in [5.41, 5.74) is 3.13. The third-order valence-corrected chi connectivity index (χ3v) is 8.41. The molecular weight excluding hydrogens is 485 g/mol. The Bertz CT molecular complexity index is 1160. The summed E-state index contributed by atoms with van der Waals surface area (Å²) in [6, 6.07) is 17.7. The second-order valence-electron chi connectivity index (χ2n) is 8.81. The van der Waals surface area contributed by atoms with Gasteiger partial charge in [0.25, 0.3) is 0 Å². The summed E-state index contributed by atoms with van der Waals surface area (Å²) in [6.45, 7) is 3.93. The zero-order chi connectivity index (χ0) is 25.8. The molecule has 1 amide bonds. The van der Waals surface area contributed by atoms with E-state index in [1.165, 1.54) is 11.1 Å². The topological polar surface area (TPSA) is 104 Å². The smallest absolute Gasteiger partial charge is 0.475 e. The lowest BCUT2D eigenvalue weighted by molar-refractivity contribution is -0.192. The first-order valence-corrected chi connectivity index (χ1v) is 12.7. The van der Waals surface area contributed by atoms with E-state index in [9.17, 15) is 26.4 Å². The van der Waals surface area contributed by atoms with Crippen molar-refractivity contribution in [2.24, 2.45) is 11.8 Å². The molecule has 2 aromatic carbocycles. The number of carboxylic acids is 1. The highest BCUT2D eigenvalue weighted by Gasteiger charge is 2.50. The lowest BCUT2D eigenvalue weighted by atomic mass is 9.87. The van der Waals surface area contributed by atoms with Crippen LogP contribution in [0.4, 0.5) is 18.9 Å². The van der Waals surface area contributed by atoms with Crippen LogP contribution in [0.3, 0.4) is 0 Å². The average Bonchev–Trinajstić information content (AvgIpc) is 3.19. The number of likely N-dealkylation sites (tertiary alicyclic amines) is 1. The quantitative estimate of drug-likeness (QED) is 0.650. The number of halogens is 3. The maximum absolute atomic E-state index is 12.9. The van der Waals surface area contributed by atoms with Crippen molar-refractivity contribution in [2.75, 3.05) is 24.2 Å². The summed E-state index contributed by atoms with van der Waals surface area (Å²) < 4.78 is 57.1. The fraction of sp³-hybridized carbons (Fsp3) is 0.417. The summed E-state index contributed by atoms with van der Waals surface area (Å²) in [7, 11) is -3.15. The van der Waals surface area contributed by atoms with E-state index >= 15 is 0 Å². The standard InChI is InChI=1S/C22H26N2O3S.C2HF3O2/c1-16-6-5-7-17(12-16)13-24-14-20-19(10-11-28(26,27)21(20)15-24)22(25)23-18-8-3-2-4-9-18;3-2(4,5)1(6)7/h2-9,12,19-21H,10-11,13-15H2,1H3,(H,23,25);(H,6,7)/t19-,20-,21-;/m1./s1. The highest BCUT2D eigenvalue weighted by Crippen LogP contribution is 2.38. The maximum Gasteiger partial charge on any atom is 0.490 e. The van der Waals surface area contributed by atoms with Gasteiger partial charge in [-0.3, -0.25) is 9.69 Å². The Kier molecular flexibility index (Phi) is 8.22. The van der Waals surface area contributed by atoms with E-state index in [1.54, 1.807) is 0 Å². The molecule has 0 aliphatic carbocycles. The van der Waals surface area contributed by atoms with Gasteiger partial charge in [0.15, 0.2) is 9.84 Å². The van der Waals surface area contributed by atoms with Crippen molar-refractivity contribution in [1.82, 2.24) is 4.90 Å². The van der Waals surface area contributed by atoms with Crippen LogP contribution < -0.4 is 5.32 Å². The number of fused-ring (bicyclic) bond motifs is 1. The molecule has 0 bridgehead atoms. The molecule has 2 saturated heterocycles. The summed E-state index contributed by atoms with van der Waals surface area (Å²) in [6.07, 6.45) is -4.68. The van der Waals surface area contributed by atoms with Crippen LogP contribution in [-0.4, -0.2) is 60.6 Å². The number of nitrogens with one attached hydrogen (secondary N) is 1. The molecule has 2 heterocycles. The van der Waals surface area contributed by atoms with Crippen LogP contribution in [0.1, 0.15) is 17.5 Å². The highest BCUT2D eigenvalue weighted by molar-refractivity contribution is 7.92. The third kappa shape index (κ3) is 7.04. The molecule has 2 aliphatic heterocycles. The number of sulfone groups is 1. The molecule has 0 radical (unpaired) electrons. The second kappa shape index (κ2) is 10.8. The molecule has 0 unspecified atom stereocenters. The largest absolute Gasteiger partial charge is 0.490 e. The van der Waals surface area contributed by atoms with Gasteiger partial charge in [0.2, 0.25) is 5.91 Å². The number of aliphatic carboxylic acids is 1. The lowest BCUT2D eigenvalue weighted by Crippen LogP contribution is -2.45. The number of carboxylic acid groups (broad SMARTS) is 1. The number of carbonyl (C=O) groups is 2. The van der Waals surface area contributed by atoms with Gasteiger partial charge in [0.05, 0.1) is 11.0 Å². The molecule has 2 fully saturated rings. The molecule has 2 aliphatic rings. The van der Waals surface area contributed by atoms with Crippen molar-refractivity contribution < 1.29 is 36.3 Å². The van der Waals surface area contributed by atoms with Crippen molar-refractivity contribution >= 4 is 27.4 Å². The van der Waals surface area contributed by atoms with E-state index in [0.29, 0.717) is 19.5 Å². The number of aryl methyl sites for hydroxylation is 1. The normalized spacial score (nSPS) is 23.5. The Hall–Kier alpha value is -2.92. The summed E-state index contributed by atoms with van der Waals surface area (Å²) >= 11 is 0. The van der Waals surface area contributed by atoms with Gasteiger partial charge in [-0.15, -0.1) is 0 Å². The van der Waals surface area contributed by atoms with E-state index in [-0.39, 0.29) is 23.5 Å². The Morgan fingerprint density at radius 3 is 2.34 bits per heavy atom. The van der Waals surface area contributed by atoms with Gasteiger partial charge in [-0.25, -0.2) is 13.2 Å². The van der Waals surface area contributed by atoms with Crippen LogP contribution in [0.5, 0.6) is 0 Å². The molecule has 0 aromatic heterocycles. The van der Waals surface area contributed by atoms with Gasteiger partial charge >= 0.3 is 12.1 Å². The molecule has 2 aromatic rings. The fourth-order valence-electron chi connectivity index (χ4n) is 4.58. The molecule has 0 spiro atoms. The van der Waals surface area contributed by atoms with Gasteiger partial charge in [0, 0.05) is 37.2 Å². The minimum atomic E-state index is -5.08. The van der Waals surface area contributed by atoms with Crippen molar-refractivity contribution in [3.8, 4) is 0 Å². The zero-order valence-electron chi connectivity index (χ0n) is 19.0. The molecule has 4 rings (SSSR count). The number of rotatable bonds is 4. The SMILES string of the molecule is Cc1cccc(CN2C[C@H]3[C@@H](C2)S(=O)(=O)CC[C@H]3C(=O)Nc2ccccc2)c1.O=C(O)C(F)(F)F. The van der Waals surface area contributed by atoms with Gasteiger partial charge in [0.1, 0.15) is 0 Å². The van der Waals surface area contributed by atoms with E-state index in [4.69, 9.17) is 9.90 Å². The van der Waals surface area contributed by atoms with Crippen LogP contribution in [0.2, 0.25) is 0 Å². The zero-order valence-corrected chi connectivity index (χ0v) is 19.8. The van der Waals surface area contributed by atoms with Gasteiger partial charge in [-0.05, 0) is 31.0 Å². The molecule has 7 nitrogen and oxygen atoms in total. The monoisotopic (exact) mass is 512 g/mol. The summed E-state index contributed by atoms with van der Waals surface area (Å²) in [4.78, 5) is 24.0. The van der Waals surface area contributed by atoms with Crippen LogP contribution in [-0.2, 0) is 26.0 Å². The molecular formula is C24H27F3N2O5S. The summed E-state index contributed by atoms with van der Waals surface area (Å²) in [5, 5.41) is 9.65. The Labute approximate surface area is 201 Å². The van der Waals surface area contributed by atoms with E-state index in [1.807, 2.05) is 36.4 Å². The van der Waals surface area contributed by atoms with Crippen LogP contribution in [0.25, 0.3) is 0 Å². The minimum absolute atomic E-state index is 0.0616. The third-order valence-electron chi connectivity index (χ3n) is 6.19. The molecule has 11 heteroatoms. The first kappa shape index (κ1) is 26.7. The number of anilines is 1. The number of hydrogen-bond acceptors (Lipinski definition) is 5. The van der Waals surface area contributed by atoms with Crippen molar-refractivity contribution in [3.05, 3.63) is 65.7 Å². The van der Waals surface area contributed by atoms with Crippen molar-refractivity contribution in [1.29, 1.82) is 0 Å². The number of alkyl halides is 3. The molecule has 2 N–H and O–H groups in total. The summed E-state index contributed by atoms with van der Waals surface area (Å²) in [5.74, 6) is -3.14. The number of benzene rings is 2. The first-order chi connectivity index (χ1) is 16.4.